The van der Waals surface area contributed by atoms with Crippen molar-refractivity contribution in [1.82, 2.24) is 14.4 Å². The third-order valence-corrected chi connectivity index (χ3v) is 2.40. The number of rotatable bonds is 3. The van der Waals surface area contributed by atoms with E-state index in [1.54, 1.807) is 6.20 Å². The van der Waals surface area contributed by atoms with Crippen LogP contribution in [0.25, 0.3) is 5.65 Å². The Labute approximate surface area is 96.9 Å². The first-order valence-corrected chi connectivity index (χ1v) is 5.69. The molecule has 0 unspecified atom stereocenters. The van der Waals surface area contributed by atoms with Gasteiger partial charge in [0, 0.05) is 25.1 Å². The summed E-state index contributed by atoms with van der Waals surface area (Å²) in [5.41, 5.74) is 0.860. The lowest BCUT2D eigenvalue weighted by atomic mass is 10.2. The van der Waals surface area contributed by atoms with E-state index in [1.165, 1.54) is 0 Å². The molecular weight excluding hydrogens is 256 g/mol. The van der Waals surface area contributed by atoms with Gasteiger partial charge in [0.2, 0.25) is 0 Å². The fourth-order valence-electron chi connectivity index (χ4n) is 1.32. The van der Waals surface area contributed by atoms with Crippen LogP contribution in [0.5, 0.6) is 0 Å². The highest BCUT2D eigenvalue weighted by Crippen LogP contribution is 2.16. The van der Waals surface area contributed by atoms with Gasteiger partial charge in [-0.15, -0.1) is 0 Å². The lowest BCUT2D eigenvalue weighted by Crippen LogP contribution is -2.10. The number of nitrogens with zero attached hydrogens (tertiary/aromatic N) is 3. The maximum atomic E-state index is 4.37. The molecule has 0 fully saturated rings. The van der Waals surface area contributed by atoms with Crippen LogP contribution in [0, 0.1) is 5.92 Å². The van der Waals surface area contributed by atoms with Gasteiger partial charge in [-0.3, -0.25) is 0 Å². The van der Waals surface area contributed by atoms with E-state index < -0.39 is 0 Å². The minimum Gasteiger partial charge on any atom is -0.367 e. The largest absolute Gasteiger partial charge is 0.367 e. The second kappa shape index (κ2) is 4.18. The van der Waals surface area contributed by atoms with Crippen molar-refractivity contribution in [3.8, 4) is 0 Å². The van der Waals surface area contributed by atoms with Crippen LogP contribution < -0.4 is 5.32 Å². The predicted molar refractivity (Wildman–Crippen MR) is 64.0 cm³/mol. The molecule has 0 radical (unpaired) electrons. The van der Waals surface area contributed by atoms with Gasteiger partial charge in [0.25, 0.3) is 0 Å². The predicted octanol–water partition coefficient (Wildman–Crippen LogP) is 2.56. The van der Waals surface area contributed by atoms with E-state index >= 15 is 0 Å². The fraction of sp³-hybridized carbons (Fsp3) is 0.400. The van der Waals surface area contributed by atoms with Crippen LogP contribution in [0.15, 0.2) is 23.2 Å². The van der Waals surface area contributed by atoms with E-state index in [9.17, 15) is 0 Å². The third-order valence-electron chi connectivity index (χ3n) is 2.02. The average molecular weight is 269 g/mol. The van der Waals surface area contributed by atoms with E-state index in [-0.39, 0.29) is 0 Å². The average Bonchev–Trinajstić information content (AvgIpc) is 2.61. The van der Waals surface area contributed by atoms with E-state index in [0.29, 0.717) is 5.92 Å². The highest BCUT2D eigenvalue weighted by atomic mass is 79.9. The molecule has 2 aromatic rings. The highest BCUT2D eigenvalue weighted by Gasteiger charge is 2.06. The van der Waals surface area contributed by atoms with Crippen molar-refractivity contribution in [2.45, 2.75) is 13.8 Å². The lowest BCUT2D eigenvalue weighted by molar-refractivity contribution is 0.687. The quantitative estimate of drug-likeness (QED) is 0.931. The van der Waals surface area contributed by atoms with Gasteiger partial charge in [-0.1, -0.05) is 13.8 Å². The number of hydrogen-bond donors (Lipinski definition) is 1. The summed E-state index contributed by atoms with van der Waals surface area (Å²) in [6, 6.07) is 0. The summed E-state index contributed by atoms with van der Waals surface area (Å²) in [7, 11) is 0. The standard InChI is InChI=1S/C10H13BrN4/c1-7(2)5-13-9-10-12-3-4-15(10)6-8(11)14-9/h3-4,6-7H,5H2,1-2H3,(H,13,14). The van der Waals surface area contributed by atoms with Crippen LogP contribution in [0.4, 0.5) is 5.82 Å². The molecule has 2 heterocycles. The Kier molecular flexibility index (Phi) is 2.90. The van der Waals surface area contributed by atoms with Crippen LogP contribution in [0.3, 0.4) is 0 Å². The zero-order chi connectivity index (χ0) is 10.8. The van der Waals surface area contributed by atoms with E-state index in [4.69, 9.17) is 0 Å². The molecule has 2 rings (SSSR count). The number of aromatic nitrogens is 3. The Morgan fingerprint density at radius 3 is 3.07 bits per heavy atom. The molecule has 0 spiro atoms. The molecule has 0 saturated carbocycles. The molecule has 4 nitrogen and oxygen atoms in total. The van der Waals surface area contributed by atoms with Crippen LogP contribution in [-0.2, 0) is 0 Å². The molecule has 0 aliphatic rings. The Morgan fingerprint density at radius 1 is 1.53 bits per heavy atom. The zero-order valence-electron chi connectivity index (χ0n) is 8.74. The molecule has 0 saturated heterocycles. The number of halogens is 1. The van der Waals surface area contributed by atoms with Gasteiger partial charge in [-0.05, 0) is 21.8 Å². The summed E-state index contributed by atoms with van der Waals surface area (Å²) < 4.78 is 2.75. The van der Waals surface area contributed by atoms with Crippen molar-refractivity contribution < 1.29 is 0 Å². The van der Waals surface area contributed by atoms with Gasteiger partial charge in [0.1, 0.15) is 4.60 Å². The Morgan fingerprint density at radius 2 is 2.33 bits per heavy atom. The summed E-state index contributed by atoms with van der Waals surface area (Å²) in [4.78, 5) is 8.62. The monoisotopic (exact) mass is 268 g/mol. The SMILES string of the molecule is CC(C)CNc1nc(Br)cn2ccnc12. The molecule has 0 aromatic carbocycles. The van der Waals surface area contributed by atoms with Gasteiger partial charge in [0.15, 0.2) is 11.5 Å². The fourth-order valence-corrected chi connectivity index (χ4v) is 1.72. The second-order valence-electron chi connectivity index (χ2n) is 3.85. The summed E-state index contributed by atoms with van der Waals surface area (Å²) >= 11 is 3.38. The van der Waals surface area contributed by atoms with Crippen LogP contribution in [0.1, 0.15) is 13.8 Å². The zero-order valence-corrected chi connectivity index (χ0v) is 10.3. The van der Waals surface area contributed by atoms with Crippen molar-refractivity contribution in [2.75, 3.05) is 11.9 Å². The first-order valence-electron chi connectivity index (χ1n) is 4.90. The highest BCUT2D eigenvalue weighted by molar-refractivity contribution is 9.10. The first-order chi connectivity index (χ1) is 7.16. The van der Waals surface area contributed by atoms with E-state index in [2.05, 4.69) is 45.1 Å². The second-order valence-corrected chi connectivity index (χ2v) is 4.66. The van der Waals surface area contributed by atoms with Crippen LogP contribution in [0.2, 0.25) is 0 Å². The number of hydrogen-bond acceptors (Lipinski definition) is 3. The van der Waals surface area contributed by atoms with Crippen molar-refractivity contribution >= 4 is 27.4 Å². The minimum absolute atomic E-state index is 0.584. The number of anilines is 1. The maximum absolute atomic E-state index is 4.37. The van der Waals surface area contributed by atoms with Crippen molar-refractivity contribution in [2.24, 2.45) is 5.92 Å². The normalized spacial score (nSPS) is 11.2. The van der Waals surface area contributed by atoms with Crippen LogP contribution in [-0.4, -0.2) is 20.9 Å². The summed E-state index contributed by atoms with van der Waals surface area (Å²) in [6.07, 6.45) is 5.56. The van der Waals surface area contributed by atoms with Crippen molar-refractivity contribution in [3.63, 3.8) is 0 Å². The number of nitrogens with one attached hydrogen (secondary N) is 1. The van der Waals surface area contributed by atoms with Gasteiger partial charge >= 0.3 is 0 Å². The van der Waals surface area contributed by atoms with Gasteiger partial charge < -0.3 is 9.72 Å². The summed E-state index contributed by atoms with van der Waals surface area (Å²) in [5, 5.41) is 3.29. The van der Waals surface area contributed by atoms with Gasteiger partial charge in [0.05, 0.1) is 0 Å². The Balaban J connectivity index is 2.35. The minimum atomic E-state index is 0.584. The molecule has 0 bridgehead atoms. The van der Waals surface area contributed by atoms with Gasteiger partial charge in [-0.25, -0.2) is 9.97 Å². The molecule has 15 heavy (non-hydrogen) atoms. The molecule has 0 aliphatic heterocycles. The molecule has 0 aliphatic carbocycles. The molecular formula is C10H13BrN4. The van der Waals surface area contributed by atoms with Crippen molar-refractivity contribution in [1.29, 1.82) is 0 Å². The lowest BCUT2D eigenvalue weighted by Gasteiger charge is -2.09. The summed E-state index contributed by atoms with van der Waals surface area (Å²) in [5.74, 6) is 1.41. The molecule has 80 valence electrons. The Hall–Kier alpha value is -1.10. The summed E-state index contributed by atoms with van der Waals surface area (Å²) in [6.45, 7) is 5.22. The maximum Gasteiger partial charge on any atom is 0.180 e. The Bertz CT molecular complexity index is 463. The molecule has 0 amide bonds. The third kappa shape index (κ3) is 2.28. The molecule has 1 N–H and O–H groups in total. The molecule has 5 heteroatoms. The smallest absolute Gasteiger partial charge is 0.180 e. The van der Waals surface area contributed by atoms with Crippen LogP contribution >= 0.6 is 15.9 Å². The van der Waals surface area contributed by atoms with Gasteiger partial charge in [-0.2, -0.15) is 0 Å². The van der Waals surface area contributed by atoms with Crippen molar-refractivity contribution in [3.05, 3.63) is 23.2 Å². The topological polar surface area (TPSA) is 42.2 Å². The molecule has 0 atom stereocenters. The number of fused-ring (bicyclic) bond motifs is 1. The van der Waals surface area contributed by atoms with E-state index in [1.807, 2.05) is 16.8 Å². The molecule has 2 aromatic heterocycles. The van der Waals surface area contributed by atoms with E-state index in [0.717, 1.165) is 22.6 Å². The first kappa shape index (κ1) is 10.4. The number of imidazole rings is 1.